The van der Waals surface area contributed by atoms with Crippen LogP contribution in [0, 0.1) is 13.8 Å². The SMILES string of the molecule is Cc1ccc(OCC(=O)N(C)c2ccccc2C(=O)NCCc2ccccc2)c(C)c1. The first-order valence-electron chi connectivity index (χ1n) is 10.3. The van der Waals surface area contributed by atoms with E-state index < -0.39 is 0 Å². The highest BCUT2D eigenvalue weighted by Gasteiger charge is 2.19. The molecule has 0 saturated heterocycles. The molecule has 160 valence electrons. The van der Waals surface area contributed by atoms with Crippen molar-refractivity contribution in [2.24, 2.45) is 0 Å². The number of aryl methyl sites for hydroxylation is 2. The number of nitrogens with zero attached hydrogens (tertiary/aromatic N) is 1. The quantitative estimate of drug-likeness (QED) is 0.595. The van der Waals surface area contributed by atoms with Gasteiger partial charge in [0.15, 0.2) is 6.61 Å². The predicted octanol–water partition coefficient (Wildman–Crippen LogP) is 4.32. The fourth-order valence-corrected chi connectivity index (χ4v) is 3.35. The zero-order valence-corrected chi connectivity index (χ0v) is 18.2. The molecule has 0 aromatic heterocycles. The first-order chi connectivity index (χ1) is 15.0. The lowest BCUT2D eigenvalue weighted by atomic mass is 10.1. The van der Waals surface area contributed by atoms with Crippen molar-refractivity contribution in [2.75, 3.05) is 25.1 Å². The molecule has 31 heavy (non-hydrogen) atoms. The summed E-state index contributed by atoms with van der Waals surface area (Å²) in [5.41, 5.74) is 4.29. The van der Waals surface area contributed by atoms with Crippen LogP contribution in [-0.4, -0.2) is 32.0 Å². The van der Waals surface area contributed by atoms with Gasteiger partial charge in [-0.25, -0.2) is 0 Å². The lowest BCUT2D eigenvalue weighted by Crippen LogP contribution is -2.34. The predicted molar refractivity (Wildman–Crippen MR) is 124 cm³/mol. The summed E-state index contributed by atoms with van der Waals surface area (Å²) in [6.07, 6.45) is 0.743. The van der Waals surface area contributed by atoms with Crippen molar-refractivity contribution in [2.45, 2.75) is 20.3 Å². The number of hydrogen-bond acceptors (Lipinski definition) is 3. The third-order valence-corrected chi connectivity index (χ3v) is 5.11. The van der Waals surface area contributed by atoms with E-state index in [1.807, 2.05) is 68.4 Å². The van der Waals surface area contributed by atoms with Crippen LogP contribution in [0.5, 0.6) is 5.75 Å². The number of benzene rings is 3. The first kappa shape index (κ1) is 22.1. The molecule has 0 heterocycles. The summed E-state index contributed by atoms with van der Waals surface area (Å²) in [4.78, 5) is 27.0. The van der Waals surface area contributed by atoms with Gasteiger partial charge in [0.25, 0.3) is 11.8 Å². The third-order valence-electron chi connectivity index (χ3n) is 5.11. The van der Waals surface area contributed by atoms with Crippen LogP contribution in [-0.2, 0) is 11.2 Å². The van der Waals surface area contributed by atoms with Gasteiger partial charge < -0.3 is 15.0 Å². The summed E-state index contributed by atoms with van der Waals surface area (Å²) >= 11 is 0. The van der Waals surface area contributed by atoms with Gasteiger partial charge >= 0.3 is 0 Å². The molecule has 2 amide bonds. The molecule has 1 N–H and O–H groups in total. The first-order valence-corrected chi connectivity index (χ1v) is 10.3. The number of ether oxygens (including phenoxy) is 1. The average molecular weight is 417 g/mol. The smallest absolute Gasteiger partial charge is 0.264 e. The monoisotopic (exact) mass is 416 g/mol. The number of amides is 2. The number of rotatable bonds is 8. The van der Waals surface area contributed by atoms with E-state index in [0.717, 1.165) is 23.1 Å². The highest BCUT2D eigenvalue weighted by molar-refractivity contribution is 6.04. The van der Waals surface area contributed by atoms with E-state index in [-0.39, 0.29) is 18.4 Å². The van der Waals surface area contributed by atoms with Gasteiger partial charge in [0.05, 0.1) is 11.3 Å². The van der Waals surface area contributed by atoms with E-state index in [9.17, 15) is 9.59 Å². The van der Waals surface area contributed by atoms with E-state index in [2.05, 4.69) is 5.32 Å². The molecule has 3 aromatic rings. The second-order valence-corrected chi connectivity index (χ2v) is 7.52. The largest absolute Gasteiger partial charge is 0.483 e. The van der Waals surface area contributed by atoms with E-state index in [1.54, 1.807) is 25.2 Å². The van der Waals surface area contributed by atoms with Gasteiger partial charge in [0.1, 0.15) is 5.75 Å². The molecule has 0 saturated carbocycles. The van der Waals surface area contributed by atoms with Crippen molar-refractivity contribution in [3.8, 4) is 5.75 Å². The van der Waals surface area contributed by atoms with Crippen LogP contribution < -0.4 is 15.0 Å². The van der Waals surface area contributed by atoms with Gasteiger partial charge in [-0.05, 0) is 49.6 Å². The van der Waals surface area contributed by atoms with Crippen LogP contribution in [0.4, 0.5) is 5.69 Å². The molecule has 5 nitrogen and oxygen atoms in total. The van der Waals surface area contributed by atoms with Gasteiger partial charge in [0.2, 0.25) is 0 Å². The van der Waals surface area contributed by atoms with Crippen molar-refractivity contribution in [1.29, 1.82) is 0 Å². The normalized spacial score (nSPS) is 10.4. The zero-order valence-electron chi connectivity index (χ0n) is 18.2. The van der Waals surface area contributed by atoms with Gasteiger partial charge in [-0.15, -0.1) is 0 Å². The Hall–Kier alpha value is -3.60. The number of anilines is 1. The summed E-state index contributed by atoms with van der Waals surface area (Å²) in [5, 5.41) is 2.94. The highest BCUT2D eigenvalue weighted by atomic mass is 16.5. The summed E-state index contributed by atoms with van der Waals surface area (Å²) in [6.45, 7) is 4.37. The van der Waals surface area contributed by atoms with Gasteiger partial charge in [-0.3, -0.25) is 9.59 Å². The van der Waals surface area contributed by atoms with E-state index in [0.29, 0.717) is 23.5 Å². The Kier molecular flexibility index (Phi) is 7.44. The summed E-state index contributed by atoms with van der Waals surface area (Å²) < 4.78 is 5.72. The lowest BCUT2D eigenvalue weighted by molar-refractivity contribution is -0.120. The average Bonchev–Trinajstić information content (AvgIpc) is 2.78. The molecule has 0 fully saturated rings. The topological polar surface area (TPSA) is 58.6 Å². The second kappa shape index (κ2) is 10.4. The van der Waals surface area contributed by atoms with Crippen LogP contribution in [0.15, 0.2) is 72.8 Å². The van der Waals surface area contributed by atoms with Crippen LogP contribution in [0.25, 0.3) is 0 Å². The van der Waals surface area contributed by atoms with Crippen molar-refractivity contribution < 1.29 is 14.3 Å². The number of carbonyl (C=O) groups excluding carboxylic acids is 2. The fraction of sp³-hybridized carbons (Fsp3) is 0.231. The third kappa shape index (κ3) is 5.95. The lowest BCUT2D eigenvalue weighted by Gasteiger charge is -2.21. The van der Waals surface area contributed by atoms with E-state index >= 15 is 0 Å². The molecular formula is C26H28N2O3. The number of nitrogens with one attached hydrogen (secondary N) is 1. The minimum absolute atomic E-state index is 0.107. The van der Waals surface area contributed by atoms with Crippen molar-refractivity contribution >= 4 is 17.5 Å². The second-order valence-electron chi connectivity index (χ2n) is 7.52. The molecular weight excluding hydrogens is 388 g/mol. The Morgan fingerprint density at radius 2 is 1.65 bits per heavy atom. The van der Waals surface area contributed by atoms with E-state index in [1.165, 1.54) is 4.90 Å². The van der Waals surface area contributed by atoms with Crippen molar-refractivity contribution in [1.82, 2.24) is 5.32 Å². The Morgan fingerprint density at radius 1 is 0.935 bits per heavy atom. The number of hydrogen-bond donors (Lipinski definition) is 1. The molecule has 5 heteroatoms. The van der Waals surface area contributed by atoms with Gasteiger partial charge in [-0.2, -0.15) is 0 Å². The molecule has 0 aliphatic rings. The van der Waals surface area contributed by atoms with Crippen LogP contribution in [0.3, 0.4) is 0 Å². The Morgan fingerprint density at radius 3 is 2.39 bits per heavy atom. The molecule has 3 aromatic carbocycles. The number of likely N-dealkylation sites (N-methyl/N-ethyl adjacent to an activating group) is 1. The maximum Gasteiger partial charge on any atom is 0.264 e. The van der Waals surface area contributed by atoms with Crippen molar-refractivity contribution in [3.63, 3.8) is 0 Å². The van der Waals surface area contributed by atoms with Crippen molar-refractivity contribution in [3.05, 3.63) is 95.1 Å². The van der Waals surface area contributed by atoms with Crippen LogP contribution >= 0.6 is 0 Å². The fourth-order valence-electron chi connectivity index (χ4n) is 3.35. The molecule has 0 aliphatic carbocycles. The van der Waals surface area contributed by atoms with Gasteiger partial charge in [-0.1, -0.05) is 60.2 Å². The Bertz CT molecular complexity index is 1050. The molecule has 0 spiro atoms. The van der Waals surface area contributed by atoms with Crippen LogP contribution in [0.1, 0.15) is 27.0 Å². The minimum atomic E-state index is -0.232. The maximum absolute atomic E-state index is 12.8. The molecule has 3 rings (SSSR count). The Balaban J connectivity index is 1.62. The van der Waals surface area contributed by atoms with E-state index in [4.69, 9.17) is 4.74 Å². The molecule has 0 unspecified atom stereocenters. The van der Waals surface area contributed by atoms with Gasteiger partial charge in [0, 0.05) is 13.6 Å². The zero-order chi connectivity index (χ0) is 22.2. The van der Waals surface area contributed by atoms with Crippen LogP contribution in [0.2, 0.25) is 0 Å². The maximum atomic E-state index is 12.8. The molecule has 0 bridgehead atoms. The minimum Gasteiger partial charge on any atom is -0.483 e. The number of para-hydroxylation sites is 1. The molecule has 0 aliphatic heterocycles. The number of carbonyl (C=O) groups is 2. The molecule has 0 atom stereocenters. The summed E-state index contributed by atoms with van der Waals surface area (Å²) in [5.74, 6) is 0.241. The Labute approximate surface area is 183 Å². The summed E-state index contributed by atoms with van der Waals surface area (Å²) in [7, 11) is 1.66. The standard InChI is InChI=1S/C26H28N2O3/c1-19-13-14-24(20(2)17-19)31-18-25(29)28(3)23-12-8-7-11-22(23)26(30)27-16-15-21-9-5-4-6-10-21/h4-14,17H,15-16,18H2,1-3H3,(H,27,30). The summed E-state index contributed by atoms with van der Waals surface area (Å²) in [6, 6.07) is 22.9. The molecule has 0 radical (unpaired) electrons. The highest BCUT2D eigenvalue weighted by Crippen LogP contribution is 2.21.